The lowest BCUT2D eigenvalue weighted by Crippen LogP contribution is -2.04. The Balaban J connectivity index is 2.50. The third-order valence-corrected chi connectivity index (χ3v) is 4.09. The van der Waals surface area contributed by atoms with E-state index >= 15 is 0 Å². The van der Waals surface area contributed by atoms with Crippen molar-refractivity contribution in [2.45, 2.75) is 13.0 Å². The molecule has 0 aliphatic rings. The maximum atomic E-state index is 10.6. The Labute approximate surface area is 134 Å². The summed E-state index contributed by atoms with van der Waals surface area (Å²) in [7, 11) is 3.03. The van der Waals surface area contributed by atoms with Gasteiger partial charge in [0.1, 0.15) is 22.6 Å². The minimum Gasteiger partial charge on any atom is -0.495 e. The minimum atomic E-state index is -0.862. The predicted octanol–water partition coefficient (Wildman–Crippen LogP) is 4.40. The van der Waals surface area contributed by atoms with Crippen LogP contribution in [0.3, 0.4) is 0 Å². The Morgan fingerprint density at radius 3 is 2.33 bits per heavy atom. The molecule has 3 nitrogen and oxygen atoms in total. The number of aryl methyl sites for hydroxylation is 1. The van der Waals surface area contributed by atoms with Gasteiger partial charge in [-0.15, -0.1) is 0 Å². The highest BCUT2D eigenvalue weighted by atomic mass is 35.5. The highest BCUT2D eigenvalue weighted by Crippen LogP contribution is 2.41. The Bertz CT molecular complexity index is 656. The molecule has 0 saturated carbocycles. The number of benzene rings is 2. The van der Waals surface area contributed by atoms with Gasteiger partial charge in [0.15, 0.2) is 0 Å². The summed E-state index contributed by atoms with van der Waals surface area (Å²) in [6, 6.07) is 8.81. The van der Waals surface area contributed by atoms with Crippen LogP contribution in [0.2, 0.25) is 10.0 Å². The van der Waals surface area contributed by atoms with Crippen molar-refractivity contribution in [2.75, 3.05) is 14.2 Å². The quantitative estimate of drug-likeness (QED) is 0.904. The lowest BCUT2D eigenvalue weighted by atomic mass is 9.99. The number of rotatable bonds is 4. The Hall–Kier alpha value is -1.42. The van der Waals surface area contributed by atoms with Crippen LogP contribution in [0.15, 0.2) is 30.3 Å². The molecule has 0 aromatic heterocycles. The third kappa shape index (κ3) is 3.10. The van der Waals surface area contributed by atoms with E-state index < -0.39 is 6.10 Å². The molecule has 0 aliphatic carbocycles. The summed E-state index contributed by atoms with van der Waals surface area (Å²) < 4.78 is 10.5. The van der Waals surface area contributed by atoms with Gasteiger partial charge in [0.25, 0.3) is 0 Å². The average Bonchev–Trinajstić information content (AvgIpc) is 2.49. The standard InChI is InChI=1S/C16H16Cl2O3/c1-9-8-10(4-6-12(9)17)15(19)11-5-7-13(20-2)14(18)16(11)21-3/h4-8,15,19H,1-3H3. The first-order chi connectivity index (χ1) is 9.99. The van der Waals surface area contributed by atoms with E-state index in [9.17, 15) is 5.11 Å². The van der Waals surface area contributed by atoms with Crippen LogP contribution in [0.1, 0.15) is 22.8 Å². The van der Waals surface area contributed by atoms with Crippen LogP contribution in [-0.2, 0) is 0 Å². The molecule has 1 atom stereocenters. The monoisotopic (exact) mass is 326 g/mol. The van der Waals surface area contributed by atoms with Crippen LogP contribution < -0.4 is 9.47 Å². The van der Waals surface area contributed by atoms with E-state index in [1.807, 2.05) is 13.0 Å². The van der Waals surface area contributed by atoms with Gasteiger partial charge in [-0.25, -0.2) is 0 Å². The van der Waals surface area contributed by atoms with Crippen molar-refractivity contribution in [2.24, 2.45) is 0 Å². The average molecular weight is 327 g/mol. The zero-order valence-electron chi connectivity index (χ0n) is 12.0. The summed E-state index contributed by atoms with van der Waals surface area (Å²) in [5.74, 6) is 0.896. The molecule has 2 aromatic rings. The molecule has 0 aliphatic heterocycles. The van der Waals surface area contributed by atoms with Gasteiger partial charge in [-0.05, 0) is 36.2 Å². The number of methoxy groups -OCH3 is 2. The van der Waals surface area contributed by atoms with E-state index in [2.05, 4.69) is 0 Å². The number of aliphatic hydroxyl groups is 1. The smallest absolute Gasteiger partial charge is 0.147 e. The summed E-state index contributed by atoms with van der Waals surface area (Å²) >= 11 is 12.2. The molecule has 112 valence electrons. The highest BCUT2D eigenvalue weighted by molar-refractivity contribution is 6.33. The molecule has 0 bridgehead atoms. The summed E-state index contributed by atoms with van der Waals surface area (Å²) in [5, 5.41) is 11.6. The van der Waals surface area contributed by atoms with Gasteiger partial charge >= 0.3 is 0 Å². The lowest BCUT2D eigenvalue weighted by Gasteiger charge is -2.18. The van der Waals surface area contributed by atoms with E-state index in [0.29, 0.717) is 27.1 Å². The molecular weight excluding hydrogens is 311 g/mol. The molecule has 2 aromatic carbocycles. The molecule has 5 heteroatoms. The maximum Gasteiger partial charge on any atom is 0.147 e. The van der Waals surface area contributed by atoms with Crippen molar-refractivity contribution >= 4 is 23.2 Å². The van der Waals surface area contributed by atoms with Gasteiger partial charge in [-0.2, -0.15) is 0 Å². The van der Waals surface area contributed by atoms with Crippen LogP contribution in [-0.4, -0.2) is 19.3 Å². The van der Waals surface area contributed by atoms with Gasteiger partial charge in [-0.3, -0.25) is 0 Å². The molecular formula is C16H16Cl2O3. The van der Waals surface area contributed by atoms with E-state index in [1.54, 1.807) is 24.3 Å². The van der Waals surface area contributed by atoms with Crippen molar-refractivity contribution in [3.63, 3.8) is 0 Å². The number of halogens is 2. The molecule has 1 N–H and O–H groups in total. The topological polar surface area (TPSA) is 38.7 Å². The maximum absolute atomic E-state index is 10.6. The van der Waals surface area contributed by atoms with Gasteiger partial charge in [0.05, 0.1) is 14.2 Å². The Kier molecular flexibility index (Phi) is 4.99. The summed E-state index contributed by atoms with van der Waals surface area (Å²) in [6.45, 7) is 1.89. The largest absolute Gasteiger partial charge is 0.495 e. The van der Waals surface area contributed by atoms with Crippen molar-refractivity contribution in [3.05, 3.63) is 57.1 Å². The molecule has 0 spiro atoms. The van der Waals surface area contributed by atoms with Gasteiger partial charge in [0, 0.05) is 10.6 Å². The molecule has 0 radical (unpaired) electrons. The normalized spacial score (nSPS) is 12.1. The van der Waals surface area contributed by atoms with Crippen LogP contribution in [0.4, 0.5) is 0 Å². The number of ether oxygens (including phenoxy) is 2. The molecule has 0 heterocycles. The first-order valence-corrected chi connectivity index (χ1v) is 7.09. The first-order valence-electron chi connectivity index (χ1n) is 6.34. The van der Waals surface area contributed by atoms with E-state index in [-0.39, 0.29) is 0 Å². The number of aliphatic hydroxyl groups excluding tert-OH is 1. The number of hydrogen-bond donors (Lipinski definition) is 1. The molecule has 0 fully saturated rings. The molecule has 21 heavy (non-hydrogen) atoms. The highest BCUT2D eigenvalue weighted by Gasteiger charge is 2.20. The third-order valence-electron chi connectivity index (χ3n) is 3.31. The van der Waals surface area contributed by atoms with E-state index in [4.69, 9.17) is 32.7 Å². The second-order valence-electron chi connectivity index (χ2n) is 4.62. The van der Waals surface area contributed by atoms with Crippen LogP contribution in [0, 0.1) is 6.92 Å². The summed E-state index contributed by atoms with van der Waals surface area (Å²) in [5.41, 5.74) is 2.19. The van der Waals surface area contributed by atoms with Gasteiger partial charge in [0.2, 0.25) is 0 Å². The second kappa shape index (κ2) is 6.56. The van der Waals surface area contributed by atoms with Crippen LogP contribution >= 0.6 is 23.2 Å². The van der Waals surface area contributed by atoms with E-state index in [0.717, 1.165) is 11.1 Å². The summed E-state index contributed by atoms with van der Waals surface area (Å²) in [6.07, 6.45) is -0.862. The van der Waals surface area contributed by atoms with Crippen LogP contribution in [0.5, 0.6) is 11.5 Å². The van der Waals surface area contributed by atoms with Gasteiger partial charge in [-0.1, -0.05) is 35.3 Å². The Morgan fingerprint density at radius 1 is 1.05 bits per heavy atom. The van der Waals surface area contributed by atoms with Crippen molar-refractivity contribution in [1.29, 1.82) is 0 Å². The van der Waals surface area contributed by atoms with E-state index in [1.165, 1.54) is 14.2 Å². The fourth-order valence-electron chi connectivity index (χ4n) is 2.15. The molecule has 0 saturated heterocycles. The SMILES string of the molecule is COc1ccc(C(O)c2ccc(Cl)c(C)c2)c(OC)c1Cl. The predicted molar refractivity (Wildman–Crippen MR) is 84.8 cm³/mol. The van der Waals surface area contributed by atoms with Crippen molar-refractivity contribution < 1.29 is 14.6 Å². The lowest BCUT2D eigenvalue weighted by molar-refractivity contribution is 0.214. The first kappa shape index (κ1) is 16.0. The van der Waals surface area contributed by atoms with Crippen molar-refractivity contribution in [3.8, 4) is 11.5 Å². The van der Waals surface area contributed by atoms with Crippen LogP contribution in [0.25, 0.3) is 0 Å². The zero-order valence-corrected chi connectivity index (χ0v) is 13.5. The molecule has 1 unspecified atom stereocenters. The molecule has 2 rings (SSSR count). The fourth-order valence-corrected chi connectivity index (χ4v) is 2.59. The second-order valence-corrected chi connectivity index (χ2v) is 5.40. The fraction of sp³-hybridized carbons (Fsp3) is 0.250. The number of hydrogen-bond acceptors (Lipinski definition) is 3. The Morgan fingerprint density at radius 2 is 1.76 bits per heavy atom. The van der Waals surface area contributed by atoms with Crippen molar-refractivity contribution in [1.82, 2.24) is 0 Å². The summed E-state index contributed by atoms with van der Waals surface area (Å²) in [4.78, 5) is 0. The molecule has 0 amide bonds. The zero-order chi connectivity index (χ0) is 15.6. The van der Waals surface area contributed by atoms with Gasteiger partial charge < -0.3 is 14.6 Å². The minimum absolute atomic E-state index is 0.335.